The standard InChI is InChI=1S/C47H76N10O9/c1-4-31(2)41(46(65)66)57-44(63)38(29-33-23-24-34-18-12-13-19-35(34)28-33)56-45(64)39(30-58)54-40(60)22-11-9-7-5-6-8-10-16-26-51-42(61)36(21-17-27-52-47(49)50)55-43(62)37(53-32(3)59)20-14-15-25-48/h12-13,18-19,23-24,28,31,36-39,41,58H,4-11,14-17,20-22,25-27,29-30,48H2,1-3H3,(H,51,61)(H,53,59)(H,54,60)(H,55,62)(H,56,64)(H,57,63)(H,65,66)(H4,49,50,52)/t31-,36-,37-,38-,39-,41-/m0/s1. The fourth-order valence-electron chi connectivity index (χ4n) is 7.34. The highest BCUT2D eigenvalue weighted by atomic mass is 16.4. The number of fused-ring (bicyclic) bond motifs is 1. The van der Waals surface area contributed by atoms with E-state index in [1.165, 1.54) is 6.92 Å². The molecule has 368 valence electrons. The monoisotopic (exact) mass is 925 g/mol. The van der Waals surface area contributed by atoms with Gasteiger partial charge in [0, 0.05) is 32.9 Å². The Morgan fingerprint density at radius 2 is 1.26 bits per heavy atom. The third-order valence-electron chi connectivity index (χ3n) is 11.3. The summed E-state index contributed by atoms with van der Waals surface area (Å²) < 4.78 is 0. The summed E-state index contributed by atoms with van der Waals surface area (Å²) in [6.45, 7) is 5.34. The number of rotatable bonds is 34. The smallest absolute Gasteiger partial charge is 0.326 e. The molecule has 0 aliphatic rings. The fourth-order valence-corrected chi connectivity index (χ4v) is 7.34. The molecule has 0 fully saturated rings. The number of aliphatic imine (C=N–C) groups is 1. The topological polar surface area (TPSA) is 323 Å². The molecule has 6 amide bonds. The van der Waals surface area contributed by atoms with Gasteiger partial charge in [-0.3, -0.25) is 33.8 Å². The third kappa shape index (κ3) is 22.4. The van der Waals surface area contributed by atoms with Crippen molar-refractivity contribution in [3.8, 4) is 0 Å². The molecule has 2 rings (SSSR count). The molecule has 0 aromatic heterocycles. The fraction of sp³-hybridized carbons (Fsp3) is 0.617. The van der Waals surface area contributed by atoms with Gasteiger partial charge in [0.1, 0.15) is 30.2 Å². The number of aliphatic carboxylic acids is 1. The van der Waals surface area contributed by atoms with Gasteiger partial charge in [-0.1, -0.05) is 101 Å². The number of unbranched alkanes of at least 4 members (excludes halogenated alkanes) is 8. The molecule has 66 heavy (non-hydrogen) atoms. The van der Waals surface area contributed by atoms with Gasteiger partial charge in [0.15, 0.2) is 5.96 Å². The molecule has 0 bridgehead atoms. The Balaban J connectivity index is 1.80. The largest absolute Gasteiger partial charge is 0.480 e. The van der Waals surface area contributed by atoms with Gasteiger partial charge < -0.3 is 59.3 Å². The van der Waals surface area contributed by atoms with E-state index in [1.54, 1.807) is 6.92 Å². The van der Waals surface area contributed by atoms with Crippen LogP contribution in [-0.4, -0.2) is 114 Å². The van der Waals surface area contributed by atoms with Crippen LogP contribution in [0.25, 0.3) is 10.8 Å². The predicted octanol–water partition coefficient (Wildman–Crippen LogP) is 1.76. The average Bonchev–Trinajstić information content (AvgIpc) is 3.28. The lowest BCUT2D eigenvalue weighted by atomic mass is 9.97. The summed E-state index contributed by atoms with van der Waals surface area (Å²) in [6, 6.07) is 7.97. The Hall–Kier alpha value is -5.82. The highest BCUT2D eigenvalue weighted by Crippen LogP contribution is 2.18. The Kier molecular flexibility index (Phi) is 27.3. The lowest BCUT2D eigenvalue weighted by Crippen LogP contribution is -2.58. The lowest BCUT2D eigenvalue weighted by Gasteiger charge is -2.26. The van der Waals surface area contributed by atoms with Crippen LogP contribution in [0.1, 0.15) is 123 Å². The quantitative estimate of drug-likeness (QED) is 0.0272. The zero-order chi connectivity index (χ0) is 48.9. The van der Waals surface area contributed by atoms with Crippen LogP contribution in [0, 0.1) is 5.92 Å². The molecule has 2 aromatic carbocycles. The van der Waals surface area contributed by atoms with E-state index in [2.05, 4.69) is 36.9 Å². The highest BCUT2D eigenvalue weighted by molar-refractivity contribution is 5.94. The van der Waals surface area contributed by atoms with E-state index in [0.717, 1.165) is 61.3 Å². The van der Waals surface area contributed by atoms with Crippen molar-refractivity contribution in [2.75, 3.05) is 26.2 Å². The zero-order valence-corrected chi connectivity index (χ0v) is 39.1. The first-order valence-electron chi connectivity index (χ1n) is 23.4. The number of hydrogen-bond acceptors (Lipinski definition) is 10. The second kappa shape index (κ2) is 32.0. The van der Waals surface area contributed by atoms with E-state index in [1.807, 2.05) is 49.4 Å². The van der Waals surface area contributed by atoms with Gasteiger partial charge in [0.2, 0.25) is 35.4 Å². The molecule has 0 spiro atoms. The lowest BCUT2D eigenvalue weighted by molar-refractivity contribution is -0.144. The van der Waals surface area contributed by atoms with Crippen LogP contribution in [0.3, 0.4) is 0 Å². The summed E-state index contributed by atoms with van der Waals surface area (Å²) in [5.41, 5.74) is 17.2. The summed E-state index contributed by atoms with van der Waals surface area (Å²) in [5, 5.41) is 37.9. The van der Waals surface area contributed by atoms with Gasteiger partial charge in [-0.05, 0) is 73.7 Å². The van der Waals surface area contributed by atoms with Crippen molar-refractivity contribution in [1.82, 2.24) is 31.9 Å². The van der Waals surface area contributed by atoms with Crippen LogP contribution < -0.4 is 49.1 Å². The van der Waals surface area contributed by atoms with E-state index in [-0.39, 0.29) is 36.5 Å². The Labute approximate surface area is 389 Å². The van der Waals surface area contributed by atoms with E-state index >= 15 is 0 Å². The molecular weight excluding hydrogens is 849 g/mol. The van der Waals surface area contributed by atoms with Gasteiger partial charge in [-0.25, -0.2) is 4.79 Å². The predicted molar refractivity (Wildman–Crippen MR) is 255 cm³/mol. The Morgan fingerprint density at radius 3 is 1.88 bits per heavy atom. The number of nitrogens with zero attached hydrogens (tertiary/aromatic N) is 1. The number of benzene rings is 2. The third-order valence-corrected chi connectivity index (χ3v) is 11.3. The van der Waals surface area contributed by atoms with Crippen LogP contribution in [0.2, 0.25) is 0 Å². The number of amides is 6. The van der Waals surface area contributed by atoms with Crippen molar-refractivity contribution in [3.63, 3.8) is 0 Å². The molecule has 0 radical (unpaired) electrons. The summed E-state index contributed by atoms with van der Waals surface area (Å²) in [7, 11) is 0. The van der Waals surface area contributed by atoms with Crippen molar-refractivity contribution >= 4 is 58.1 Å². The van der Waals surface area contributed by atoms with Crippen LogP contribution in [0.4, 0.5) is 0 Å². The average molecular weight is 925 g/mol. The molecule has 0 saturated carbocycles. The molecule has 14 N–H and O–H groups in total. The van der Waals surface area contributed by atoms with E-state index < -0.39 is 66.4 Å². The second-order valence-electron chi connectivity index (χ2n) is 16.9. The number of aliphatic hydroxyl groups excluding tert-OH is 1. The number of carboxylic acids is 1. The summed E-state index contributed by atoms with van der Waals surface area (Å²) in [6.07, 6.45) is 9.86. The first-order chi connectivity index (χ1) is 31.6. The molecule has 0 aliphatic heterocycles. The zero-order valence-electron chi connectivity index (χ0n) is 39.1. The molecule has 19 nitrogen and oxygen atoms in total. The Bertz CT molecular complexity index is 1880. The minimum Gasteiger partial charge on any atom is -0.480 e. The number of nitrogens with two attached hydrogens (primary N) is 3. The van der Waals surface area contributed by atoms with Crippen LogP contribution in [-0.2, 0) is 40.0 Å². The summed E-state index contributed by atoms with van der Waals surface area (Å²) >= 11 is 0. The second-order valence-corrected chi connectivity index (χ2v) is 16.9. The minimum atomic E-state index is -1.32. The number of aliphatic hydroxyl groups is 1. The van der Waals surface area contributed by atoms with Crippen molar-refractivity contribution in [2.24, 2.45) is 28.1 Å². The molecule has 6 atom stereocenters. The first kappa shape index (κ1) is 56.3. The van der Waals surface area contributed by atoms with Gasteiger partial charge >= 0.3 is 5.97 Å². The van der Waals surface area contributed by atoms with Gasteiger partial charge in [-0.2, -0.15) is 0 Å². The number of hydrogen-bond donors (Lipinski definition) is 11. The molecule has 0 aliphatic carbocycles. The van der Waals surface area contributed by atoms with Gasteiger partial charge in [0.05, 0.1) is 6.61 Å². The van der Waals surface area contributed by atoms with Gasteiger partial charge in [0.25, 0.3) is 0 Å². The number of carboxylic acid groups (broad SMARTS) is 1. The minimum absolute atomic E-state index is 0.0446. The molecule has 0 saturated heterocycles. The maximum Gasteiger partial charge on any atom is 0.326 e. The first-order valence-corrected chi connectivity index (χ1v) is 23.4. The number of nitrogens with one attached hydrogen (secondary N) is 6. The van der Waals surface area contributed by atoms with E-state index in [0.29, 0.717) is 64.6 Å². The maximum absolute atomic E-state index is 13.5. The van der Waals surface area contributed by atoms with E-state index in [4.69, 9.17) is 17.2 Å². The van der Waals surface area contributed by atoms with Crippen LogP contribution >= 0.6 is 0 Å². The Morgan fingerprint density at radius 1 is 0.667 bits per heavy atom. The molecular formula is C47H76N10O9. The van der Waals surface area contributed by atoms with Crippen LogP contribution in [0.5, 0.6) is 0 Å². The number of carbonyl (C=O) groups excluding carboxylic acids is 6. The number of guanidine groups is 1. The van der Waals surface area contributed by atoms with Crippen LogP contribution in [0.15, 0.2) is 47.5 Å². The van der Waals surface area contributed by atoms with Crippen molar-refractivity contribution in [1.29, 1.82) is 0 Å². The summed E-state index contributed by atoms with van der Waals surface area (Å²) in [5.74, 6) is -4.64. The molecule has 19 heteroatoms. The maximum atomic E-state index is 13.5. The van der Waals surface area contributed by atoms with Crippen molar-refractivity contribution in [3.05, 3.63) is 48.0 Å². The summed E-state index contributed by atoms with van der Waals surface area (Å²) in [4.78, 5) is 93.7. The van der Waals surface area contributed by atoms with Gasteiger partial charge in [-0.15, -0.1) is 0 Å². The highest BCUT2D eigenvalue weighted by Gasteiger charge is 2.32. The molecule has 0 heterocycles. The van der Waals surface area contributed by atoms with Crippen molar-refractivity contribution < 1.29 is 43.8 Å². The molecule has 2 aromatic rings. The van der Waals surface area contributed by atoms with Crippen molar-refractivity contribution in [2.45, 2.75) is 154 Å². The van der Waals surface area contributed by atoms with E-state index in [9.17, 15) is 43.8 Å². The normalized spacial score (nSPS) is 13.8. The SMILES string of the molecule is CC[C@H](C)[C@H](NC(=O)[C@H](Cc1ccc2ccccc2c1)NC(=O)[C@H](CO)NC(=O)CCCCCCCCCCNC(=O)[C@H](CCCN=C(N)N)NC(=O)[C@H](CCCCN)NC(C)=O)C(=O)O. The number of carbonyl (C=O) groups is 7. The molecule has 0 unspecified atom stereocenters.